The van der Waals surface area contributed by atoms with Gasteiger partial charge in [0.05, 0.1) is 12.5 Å². The van der Waals surface area contributed by atoms with Crippen LogP contribution in [-0.2, 0) is 11.2 Å². The molecule has 0 heterocycles. The Labute approximate surface area is 137 Å². The quantitative estimate of drug-likeness (QED) is 0.873. The molecule has 0 fully saturated rings. The highest BCUT2D eigenvalue weighted by Crippen LogP contribution is 2.21. The van der Waals surface area contributed by atoms with Crippen molar-refractivity contribution in [1.82, 2.24) is 5.32 Å². The van der Waals surface area contributed by atoms with Crippen LogP contribution >= 0.6 is 23.2 Å². The number of carbonyl (C=O) groups is 1. The first-order valence-electron chi connectivity index (χ1n) is 6.60. The highest BCUT2D eigenvalue weighted by atomic mass is 35.5. The maximum absolute atomic E-state index is 13.5. The molecule has 2 N–H and O–H groups in total. The second-order valence-corrected chi connectivity index (χ2v) is 5.60. The van der Waals surface area contributed by atoms with E-state index in [-0.39, 0.29) is 24.4 Å². The zero-order valence-electron chi connectivity index (χ0n) is 11.5. The molecule has 2 aromatic rings. The van der Waals surface area contributed by atoms with Crippen LogP contribution in [0.5, 0.6) is 0 Å². The molecule has 6 heteroatoms. The zero-order valence-corrected chi connectivity index (χ0v) is 13.0. The molecule has 2 aromatic carbocycles. The summed E-state index contributed by atoms with van der Waals surface area (Å²) in [5, 5.41) is 13.4. The molecule has 2 rings (SSSR count). The number of nitrogens with one attached hydrogen (secondary N) is 1. The van der Waals surface area contributed by atoms with Crippen LogP contribution in [0.2, 0.25) is 10.0 Å². The molecule has 0 bridgehead atoms. The largest absolute Gasteiger partial charge is 0.386 e. The summed E-state index contributed by atoms with van der Waals surface area (Å²) in [6.07, 6.45) is -1.05. The van der Waals surface area contributed by atoms with Crippen LogP contribution in [0.15, 0.2) is 42.5 Å². The van der Waals surface area contributed by atoms with Gasteiger partial charge in [0.25, 0.3) is 0 Å². The number of rotatable bonds is 5. The lowest BCUT2D eigenvalue weighted by Gasteiger charge is -2.13. The Morgan fingerprint density at radius 3 is 2.64 bits per heavy atom. The normalized spacial score (nSPS) is 12.0. The average Bonchev–Trinajstić information content (AvgIpc) is 2.48. The molecule has 3 nitrogen and oxygen atoms in total. The van der Waals surface area contributed by atoms with E-state index in [0.29, 0.717) is 15.6 Å². The number of halogens is 3. The van der Waals surface area contributed by atoms with E-state index < -0.39 is 11.9 Å². The minimum atomic E-state index is -1.11. The summed E-state index contributed by atoms with van der Waals surface area (Å²) in [6.45, 7) is -0.0784. The lowest BCUT2D eigenvalue weighted by atomic mass is 10.1. The Morgan fingerprint density at radius 2 is 1.95 bits per heavy atom. The molecule has 0 saturated heterocycles. The van der Waals surface area contributed by atoms with Gasteiger partial charge in [-0.2, -0.15) is 0 Å². The van der Waals surface area contributed by atoms with E-state index in [4.69, 9.17) is 23.2 Å². The van der Waals surface area contributed by atoms with Crippen LogP contribution in [-0.4, -0.2) is 17.6 Å². The summed E-state index contributed by atoms with van der Waals surface area (Å²) in [6, 6.07) is 10.8. The van der Waals surface area contributed by atoms with Gasteiger partial charge in [-0.15, -0.1) is 0 Å². The summed E-state index contributed by atoms with van der Waals surface area (Å²) >= 11 is 11.8. The van der Waals surface area contributed by atoms with Crippen molar-refractivity contribution in [3.8, 4) is 0 Å². The van der Waals surface area contributed by atoms with Gasteiger partial charge in [0.1, 0.15) is 5.82 Å². The molecule has 0 spiro atoms. The number of benzene rings is 2. The first-order valence-corrected chi connectivity index (χ1v) is 7.36. The molecular weight excluding hydrogens is 328 g/mol. The van der Waals surface area contributed by atoms with Gasteiger partial charge >= 0.3 is 0 Å². The molecular formula is C16H14Cl2FNO2. The maximum Gasteiger partial charge on any atom is 0.224 e. The molecule has 0 radical (unpaired) electrons. The van der Waals surface area contributed by atoms with E-state index in [0.717, 1.165) is 0 Å². The lowest BCUT2D eigenvalue weighted by molar-refractivity contribution is -0.120. The highest BCUT2D eigenvalue weighted by molar-refractivity contribution is 6.35. The Morgan fingerprint density at radius 1 is 1.23 bits per heavy atom. The Balaban J connectivity index is 1.91. The molecule has 116 valence electrons. The Hall–Kier alpha value is -1.62. The topological polar surface area (TPSA) is 49.3 Å². The van der Waals surface area contributed by atoms with E-state index >= 15 is 0 Å². The molecule has 0 aliphatic rings. The third kappa shape index (κ3) is 4.44. The van der Waals surface area contributed by atoms with E-state index in [1.807, 2.05) is 0 Å². The predicted molar refractivity (Wildman–Crippen MR) is 84.5 cm³/mol. The fourth-order valence-corrected chi connectivity index (χ4v) is 2.44. The summed E-state index contributed by atoms with van der Waals surface area (Å²) in [7, 11) is 0. The van der Waals surface area contributed by atoms with Crippen molar-refractivity contribution in [2.75, 3.05) is 6.54 Å². The predicted octanol–water partition coefficient (Wildman–Crippen LogP) is 3.52. The number of carbonyl (C=O) groups excluding carboxylic acids is 1. The van der Waals surface area contributed by atoms with Gasteiger partial charge in [0, 0.05) is 22.2 Å². The van der Waals surface area contributed by atoms with Crippen LogP contribution in [0.25, 0.3) is 0 Å². The number of aliphatic hydroxyl groups is 1. The molecule has 1 atom stereocenters. The number of amides is 1. The van der Waals surface area contributed by atoms with Crippen LogP contribution in [0, 0.1) is 5.82 Å². The fourth-order valence-electron chi connectivity index (χ4n) is 1.97. The van der Waals surface area contributed by atoms with Crippen LogP contribution < -0.4 is 5.32 Å². The van der Waals surface area contributed by atoms with Gasteiger partial charge in [0.2, 0.25) is 5.91 Å². The van der Waals surface area contributed by atoms with Gasteiger partial charge in [-0.1, -0.05) is 47.5 Å². The van der Waals surface area contributed by atoms with Crippen LogP contribution in [0.1, 0.15) is 17.2 Å². The van der Waals surface area contributed by atoms with Gasteiger partial charge in [-0.05, 0) is 23.8 Å². The van der Waals surface area contributed by atoms with Gasteiger partial charge < -0.3 is 10.4 Å². The average molecular weight is 342 g/mol. The monoisotopic (exact) mass is 341 g/mol. The number of hydrogen-bond donors (Lipinski definition) is 2. The second-order valence-electron chi connectivity index (χ2n) is 4.75. The van der Waals surface area contributed by atoms with Crippen molar-refractivity contribution in [2.24, 2.45) is 0 Å². The van der Waals surface area contributed by atoms with Crippen molar-refractivity contribution in [2.45, 2.75) is 12.5 Å². The summed E-state index contributed by atoms with van der Waals surface area (Å²) in [5.74, 6) is -0.829. The Kier molecular flexibility index (Phi) is 5.77. The summed E-state index contributed by atoms with van der Waals surface area (Å²) in [5.41, 5.74) is 0.774. The molecule has 0 aliphatic heterocycles. The summed E-state index contributed by atoms with van der Waals surface area (Å²) in [4.78, 5) is 11.9. The van der Waals surface area contributed by atoms with Gasteiger partial charge in [0.15, 0.2) is 0 Å². The molecule has 0 aromatic heterocycles. The minimum absolute atomic E-state index is 0.0555. The SMILES string of the molecule is O=C(Cc1ccc(Cl)cc1Cl)NCC(O)c1ccccc1F. The van der Waals surface area contributed by atoms with Crippen molar-refractivity contribution in [3.63, 3.8) is 0 Å². The van der Waals surface area contributed by atoms with E-state index in [1.165, 1.54) is 18.2 Å². The Bertz CT molecular complexity index is 679. The molecule has 22 heavy (non-hydrogen) atoms. The smallest absolute Gasteiger partial charge is 0.224 e. The summed E-state index contributed by atoms with van der Waals surface area (Å²) < 4.78 is 13.5. The highest BCUT2D eigenvalue weighted by Gasteiger charge is 2.14. The van der Waals surface area contributed by atoms with Crippen LogP contribution in [0.3, 0.4) is 0 Å². The lowest BCUT2D eigenvalue weighted by Crippen LogP contribution is -2.30. The fraction of sp³-hybridized carbons (Fsp3) is 0.188. The second kappa shape index (κ2) is 7.58. The van der Waals surface area contributed by atoms with Gasteiger partial charge in [-0.3, -0.25) is 4.79 Å². The maximum atomic E-state index is 13.5. The first kappa shape index (κ1) is 16.7. The molecule has 0 saturated carbocycles. The van der Waals surface area contributed by atoms with E-state index in [1.54, 1.807) is 24.3 Å². The standard InChI is InChI=1S/C16H14Cl2FNO2/c17-11-6-5-10(13(18)8-11)7-16(22)20-9-15(21)12-3-1-2-4-14(12)19/h1-6,8,15,21H,7,9H2,(H,20,22). The molecule has 1 amide bonds. The number of aliphatic hydroxyl groups excluding tert-OH is 1. The van der Waals surface area contributed by atoms with E-state index in [2.05, 4.69) is 5.32 Å². The van der Waals surface area contributed by atoms with Gasteiger partial charge in [-0.25, -0.2) is 4.39 Å². The third-order valence-electron chi connectivity index (χ3n) is 3.12. The van der Waals surface area contributed by atoms with Crippen molar-refractivity contribution in [3.05, 3.63) is 69.5 Å². The van der Waals surface area contributed by atoms with Crippen molar-refractivity contribution >= 4 is 29.1 Å². The van der Waals surface area contributed by atoms with Crippen LogP contribution in [0.4, 0.5) is 4.39 Å². The minimum Gasteiger partial charge on any atom is -0.386 e. The van der Waals surface area contributed by atoms with Crippen molar-refractivity contribution in [1.29, 1.82) is 0 Å². The third-order valence-corrected chi connectivity index (χ3v) is 3.71. The molecule has 0 aliphatic carbocycles. The number of hydrogen-bond acceptors (Lipinski definition) is 2. The first-order chi connectivity index (χ1) is 10.5. The molecule has 1 unspecified atom stereocenters. The van der Waals surface area contributed by atoms with Crippen molar-refractivity contribution < 1.29 is 14.3 Å². The van der Waals surface area contributed by atoms with E-state index in [9.17, 15) is 14.3 Å². The zero-order chi connectivity index (χ0) is 16.1.